The third-order valence-electron chi connectivity index (χ3n) is 3.05. The van der Waals surface area contributed by atoms with Crippen molar-refractivity contribution in [3.05, 3.63) is 29.5 Å². The molecule has 0 aliphatic rings. The van der Waals surface area contributed by atoms with Crippen LogP contribution in [0.15, 0.2) is 22.7 Å². The molecule has 0 aliphatic heterocycles. The first-order valence-corrected chi connectivity index (χ1v) is 6.10. The number of aromatic nitrogens is 1. The molecule has 0 radical (unpaired) electrons. The second-order valence-electron chi connectivity index (χ2n) is 6.74. The average molecular weight is 231 g/mol. The summed E-state index contributed by atoms with van der Waals surface area (Å²) < 4.78 is 5.39. The molecule has 1 heterocycles. The molecule has 0 fully saturated rings. The van der Waals surface area contributed by atoms with Gasteiger partial charge < -0.3 is 4.52 Å². The Kier molecular flexibility index (Phi) is 2.57. The van der Waals surface area contributed by atoms with Crippen LogP contribution in [0.4, 0.5) is 0 Å². The third-order valence-corrected chi connectivity index (χ3v) is 3.05. The molecular formula is C15H21NO. The lowest BCUT2D eigenvalue weighted by molar-refractivity contribution is 0.419. The molecule has 0 bridgehead atoms. The normalized spacial score (nSPS) is 13.3. The Morgan fingerprint density at radius 3 is 2.12 bits per heavy atom. The van der Waals surface area contributed by atoms with Crippen molar-refractivity contribution in [3.63, 3.8) is 0 Å². The first-order valence-electron chi connectivity index (χ1n) is 6.10. The van der Waals surface area contributed by atoms with Gasteiger partial charge in [-0.2, -0.15) is 0 Å². The molecule has 92 valence electrons. The fourth-order valence-electron chi connectivity index (χ4n) is 1.95. The van der Waals surface area contributed by atoms with E-state index >= 15 is 0 Å². The summed E-state index contributed by atoms with van der Waals surface area (Å²) in [5.74, 6) is 0. The number of hydrogen-bond acceptors (Lipinski definition) is 2. The molecule has 0 saturated heterocycles. The van der Waals surface area contributed by atoms with Crippen molar-refractivity contribution in [2.75, 3.05) is 0 Å². The van der Waals surface area contributed by atoms with Crippen LogP contribution in [-0.4, -0.2) is 5.16 Å². The van der Waals surface area contributed by atoms with E-state index in [9.17, 15) is 0 Å². The first-order chi connectivity index (χ1) is 7.69. The molecule has 0 aliphatic carbocycles. The Hall–Kier alpha value is -1.31. The Balaban J connectivity index is 2.67. The molecular weight excluding hydrogens is 210 g/mol. The van der Waals surface area contributed by atoms with Gasteiger partial charge in [-0.3, -0.25) is 0 Å². The molecule has 1 aromatic heterocycles. The number of hydrogen-bond donors (Lipinski definition) is 0. The van der Waals surface area contributed by atoms with Gasteiger partial charge in [-0.1, -0.05) is 52.8 Å². The molecule has 2 heteroatoms. The predicted molar refractivity (Wildman–Crippen MR) is 71.4 cm³/mol. The molecule has 0 unspecified atom stereocenters. The molecule has 0 saturated carbocycles. The van der Waals surface area contributed by atoms with E-state index in [4.69, 9.17) is 4.52 Å². The van der Waals surface area contributed by atoms with E-state index in [1.807, 2.05) is 6.07 Å². The summed E-state index contributed by atoms with van der Waals surface area (Å²) in [7, 11) is 0. The molecule has 0 atom stereocenters. The smallest absolute Gasteiger partial charge is 0.167 e. The lowest BCUT2D eigenvalue weighted by Gasteiger charge is -2.20. The van der Waals surface area contributed by atoms with E-state index in [1.165, 1.54) is 5.56 Å². The van der Waals surface area contributed by atoms with Gasteiger partial charge in [-0.05, 0) is 23.1 Å². The summed E-state index contributed by atoms with van der Waals surface area (Å²) in [5, 5.41) is 5.36. The largest absolute Gasteiger partial charge is 0.356 e. The van der Waals surface area contributed by atoms with Gasteiger partial charge in [-0.15, -0.1) is 0 Å². The fraction of sp³-hybridized carbons (Fsp3) is 0.533. The maximum atomic E-state index is 5.39. The van der Waals surface area contributed by atoms with Gasteiger partial charge in [0.1, 0.15) is 0 Å². The Labute approximate surface area is 103 Å². The van der Waals surface area contributed by atoms with Gasteiger partial charge in [0.25, 0.3) is 0 Å². The van der Waals surface area contributed by atoms with Gasteiger partial charge in [0.2, 0.25) is 0 Å². The molecule has 0 amide bonds. The highest BCUT2D eigenvalue weighted by Gasteiger charge is 2.23. The second kappa shape index (κ2) is 3.59. The quantitative estimate of drug-likeness (QED) is 0.670. The molecule has 0 N–H and O–H groups in total. The van der Waals surface area contributed by atoms with Crippen molar-refractivity contribution < 1.29 is 4.52 Å². The molecule has 2 nitrogen and oxygen atoms in total. The highest BCUT2D eigenvalue weighted by molar-refractivity contribution is 5.81. The van der Waals surface area contributed by atoms with Crippen molar-refractivity contribution in [3.8, 4) is 0 Å². The van der Waals surface area contributed by atoms with Crippen LogP contribution in [0.1, 0.15) is 52.8 Å². The minimum atomic E-state index is 0.0156. The lowest BCUT2D eigenvalue weighted by atomic mass is 9.84. The zero-order valence-corrected chi connectivity index (χ0v) is 11.6. The van der Waals surface area contributed by atoms with Crippen molar-refractivity contribution in [2.45, 2.75) is 52.4 Å². The van der Waals surface area contributed by atoms with Gasteiger partial charge in [0, 0.05) is 10.8 Å². The monoisotopic (exact) mass is 231 g/mol. The highest BCUT2D eigenvalue weighted by Crippen LogP contribution is 2.32. The summed E-state index contributed by atoms with van der Waals surface area (Å²) in [6.07, 6.45) is 0. The summed E-state index contributed by atoms with van der Waals surface area (Å²) >= 11 is 0. The van der Waals surface area contributed by atoms with Gasteiger partial charge >= 0.3 is 0 Å². The Morgan fingerprint density at radius 2 is 1.59 bits per heavy atom. The molecule has 2 rings (SSSR count). The maximum Gasteiger partial charge on any atom is 0.167 e. The zero-order chi connectivity index (χ0) is 12.8. The van der Waals surface area contributed by atoms with Crippen molar-refractivity contribution in [2.24, 2.45) is 0 Å². The van der Waals surface area contributed by atoms with E-state index in [0.717, 1.165) is 16.7 Å². The van der Waals surface area contributed by atoms with Gasteiger partial charge in [0.05, 0.1) is 5.69 Å². The molecule has 17 heavy (non-hydrogen) atoms. The zero-order valence-electron chi connectivity index (χ0n) is 11.6. The minimum absolute atomic E-state index is 0.0156. The summed E-state index contributed by atoms with van der Waals surface area (Å²) in [4.78, 5) is 0. The summed E-state index contributed by atoms with van der Waals surface area (Å²) in [6.45, 7) is 13.1. The predicted octanol–water partition coefficient (Wildman–Crippen LogP) is 4.42. The fourth-order valence-corrected chi connectivity index (χ4v) is 1.95. The standard InChI is InChI=1S/C15H21NO/c1-14(2,3)10-7-8-12-11(9-10)13(16-17-12)15(4,5)6/h7-9H,1-6H3. The van der Waals surface area contributed by atoms with Crippen molar-refractivity contribution in [1.82, 2.24) is 5.16 Å². The number of rotatable bonds is 0. The Morgan fingerprint density at radius 1 is 0.941 bits per heavy atom. The second-order valence-corrected chi connectivity index (χ2v) is 6.74. The summed E-state index contributed by atoms with van der Waals surface area (Å²) in [5.41, 5.74) is 3.41. The van der Waals surface area contributed by atoms with Crippen LogP contribution in [0, 0.1) is 0 Å². The van der Waals surface area contributed by atoms with Crippen LogP contribution < -0.4 is 0 Å². The van der Waals surface area contributed by atoms with E-state index < -0.39 is 0 Å². The van der Waals surface area contributed by atoms with Crippen LogP contribution in [-0.2, 0) is 10.8 Å². The number of fused-ring (bicyclic) bond motifs is 1. The van der Waals surface area contributed by atoms with E-state index in [0.29, 0.717) is 0 Å². The topological polar surface area (TPSA) is 26.0 Å². The first kappa shape index (κ1) is 12.2. The summed E-state index contributed by atoms with van der Waals surface area (Å²) in [6, 6.07) is 6.37. The van der Waals surface area contributed by atoms with Gasteiger partial charge in [0.15, 0.2) is 5.58 Å². The van der Waals surface area contributed by atoms with E-state index in [1.54, 1.807) is 0 Å². The van der Waals surface area contributed by atoms with Crippen LogP contribution >= 0.6 is 0 Å². The lowest BCUT2D eigenvalue weighted by Crippen LogP contribution is -2.13. The maximum absolute atomic E-state index is 5.39. The average Bonchev–Trinajstić information content (AvgIpc) is 2.57. The molecule has 2 aromatic rings. The minimum Gasteiger partial charge on any atom is -0.356 e. The molecule has 0 spiro atoms. The third kappa shape index (κ3) is 2.21. The number of nitrogens with zero attached hydrogens (tertiary/aromatic N) is 1. The number of benzene rings is 1. The van der Waals surface area contributed by atoms with Crippen LogP contribution in [0.3, 0.4) is 0 Å². The SMILES string of the molecule is CC(C)(C)c1ccc2onc(C(C)(C)C)c2c1. The van der Waals surface area contributed by atoms with Gasteiger partial charge in [-0.25, -0.2) is 0 Å². The van der Waals surface area contributed by atoms with Crippen LogP contribution in [0.2, 0.25) is 0 Å². The molecule has 1 aromatic carbocycles. The van der Waals surface area contributed by atoms with Crippen molar-refractivity contribution >= 4 is 11.0 Å². The van der Waals surface area contributed by atoms with E-state index in [2.05, 4.69) is 58.8 Å². The van der Waals surface area contributed by atoms with Crippen molar-refractivity contribution in [1.29, 1.82) is 0 Å². The van der Waals surface area contributed by atoms with Crippen LogP contribution in [0.25, 0.3) is 11.0 Å². The van der Waals surface area contributed by atoms with Crippen LogP contribution in [0.5, 0.6) is 0 Å². The highest BCUT2D eigenvalue weighted by atomic mass is 16.5. The van der Waals surface area contributed by atoms with E-state index in [-0.39, 0.29) is 10.8 Å². The Bertz CT molecular complexity index is 538.